The molecule has 0 saturated heterocycles. The molecule has 2 unspecified atom stereocenters. The first kappa shape index (κ1) is 18.2. The molecule has 0 aliphatic heterocycles. The van der Waals surface area contributed by atoms with E-state index in [1.54, 1.807) is 0 Å². The minimum absolute atomic E-state index is 0.0468. The van der Waals surface area contributed by atoms with Crippen LogP contribution in [0.5, 0.6) is 0 Å². The van der Waals surface area contributed by atoms with Crippen molar-refractivity contribution < 1.29 is 9.59 Å². The van der Waals surface area contributed by atoms with E-state index in [1.807, 2.05) is 84.3 Å². The number of para-hydroxylation sites is 1. The van der Waals surface area contributed by atoms with Crippen molar-refractivity contribution >= 4 is 17.5 Å². The second-order valence-electron chi connectivity index (χ2n) is 6.70. The zero-order chi connectivity index (χ0) is 18.5. The van der Waals surface area contributed by atoms with E-state index in [9.17, 15) is 9.59 Å². The molecule has 1 saturated carbocycles. The van der Waals surface area contributed by atoms with Gasteiger partial charge in [-0.1, -0.05) is 48.5 Å². The minimum atomic E-state index is -0.202. The van der Waals surface area contributed by atoms with Gasteiger partial charge in [-0.25, -0.2) is 0 Å². The summed E-state index contributed by atoms with van der Waals surface area (Å²) < 4.78 is 0. The third-order valence-corrected chi connectivity index (χ3v) is 5.02. The molecule has 2 aromatic carbocycles. The summed E-state index contributed by atoms with van der Waals surface area (Å²) in [7, 11) is 0. The lowest BCUT2D eigenvalue weighted by Gasteiger charge is -2.24. The van der Waals surface area contributed by atoms with E-state index < -0.39 is 0 Å². The van der Waals surface area contributed by atoms with Crippen LogP contribution in [0.2, 0.25) is 0 Å². The summed E-state index contributed by atoms with van der Waals surface area (Å²) in [6.45, 7) is 5.86. The summed E-state index contributed by atoms with van der Waals surface area (Å²) in [5, 5.41) is 0. The Morgan fingerprint density at radius 1 is 0.846 bits per heavy atom. The second kappa shape index (κ2) is 8.17. The fourth-order valence-corrected chi connectivity index (χ4v) is 3.38. The summed E-state index contributed by atoms with van der Waals surface area (Å²) in [6, 6.07) is 19.7. The standard InChI is InChI=1S/C22H26N2O2/c1-3-23(4-2)21(25)19-15-20(19)22(26)24(18-13-9-6-10-14-18)16-17-11-7-5-8-12-17/h5-14,19-20H,3-4,15-16H2,1-2H3. The van der Waals surface area contributed by atoms with Crippen molar-refractivity contribution in [2.45, 2.75) is 26.8 Å². The third kappa shape index (κ3) is 3.96. The van der Waals surface area contributed by atoms with E-state index >= 15 is 0 Å². The molecule has 2 amide bonds. The van der Waals surface area contributed by atoms with Gasteiger partial charge in [-0.05, 0) is 38.0 Å². The Hall–Kier alpha value is -2.62. The van der Waals surface area contributed by atoms with Gasteiger partial charge in [0, 0.05) is 18.8 Å². The molecule has 0 aromatic heterocycles. The van der Waals surface area contributed by atoms with Crippen LogP contribution in [0.1, 0.15) is 25.8 Å². The fourth-order valence-electron chi connectivity index (χ4n) is 3.38. The molecule has 1 aliphatic rings. The lowest BCUT2D eigenvalue weighted by Crippen LogP contribution is -2.36. The van der Waals surface area contributed by atoms with Crippen LogP contribution in [-0.4, -0.2) is 29.8 Å². The molecule has 0 bridgehead atoms. The molecule has 2 atom stereocenters. The van der Waals surface area contributed by atoms with E-state index in [1.165, 1.54) is 0 Å². The van der Waals surface area contributed by atoms with Gasteiger partial charge in [0.25, 0.3) is 0 Å². The predicted molar refractivity (Wildman–Crippen MR) is 104 cm³/mol. The third-order valence-electron chi connectivity index (χ3n) is 5.02. The van der Waals surface area contributed by atoms with Crippen LogP contribution in [0.4, 0.5) is 5.69 Å². The summed E-state index contributed by atoms with van der Waals surface area (Å²) in [4.78, 5) is 29.4. The van der Waals surface area contributed by atoms with Crippen LogP contribution in [-0.2, 0) is 16.1 Å². The van der Waals surface area contributed by atoms with Gasteiger partial charge >= 0.3 is 0 Å². The van der Waals surface area contributed by atoms with Crippen molar-refractivity contribution in [1.82, 2.24) is 4.90 Å². The van der Waals surface area contributed by atoms with E-state index in [0.717, 1.165) is 11.3 Å². The number of amides is 2. The number of carbonyl (C=O) groups excluding carboxylic acids is 2. The van der Waals surface area contributed by atoms with Crippen LogP contribution in [0.15, 0.2) is 60.7 Å². The van der Waals surface area contributed by atoms with Crippen LogP contribution < -0.4 is 4.90 Å². The maximum atomic E-state index is 13.2. The second-order valence-corrected chi connectivity index (χ2v) is 6.70. The van der Waals surface area contributed by atoms with Gasteiger partial charge in [0.2, 0.25) is 11.8 Å². The molecule has 136 valence electrons. The van der Waals surface area contributed by atoms with E-state index in [2.05, 4.69) is 0 Å². The van der Waals surface area contributed by atoms with Gasteiger partial charge in [-0.2, -0.15) is 0 Å². The molecule has 26 heavy (non-hydrogen) atoms. The number of nitrogens with zero attached hydrogens (tertiary/aromatic N) is 2. The molecule has 2 aromatic rings. The molecule has 4 heteroatoms. The topological polar surface area (TPSA) is 40.6 Å². The highest BCUT2D eigenvalue weighted by molar-refractivity contribution is 6.01. The molecular formula is C22H26N2O2. The molecule has 0 N–H and O–H groups in total. The largest absolute Gasteiger partial charge is 0.343 e. The van der Waals surface area contributed by atoms with Crippen LogP contribution in [0.25, 0.3) is 0 Å². The number of rotatable bonds is 7. The fraction of sp³-hybridized carbons (Fsp3) is 0.364. The number of benzene rings is 2. The van der Waals surface area contributed by atoms with Crippen molar-refractivity contribution in [2.75, 3.05) is 18.0 Å². The number of hydrogen-bond donors (Lipinski definition) is 0. The average Bonchev–Trinajstić information content (AvgIpc) is 3.49. The number of anilines is 1. The molecule has 4 nitrogen and oxygen atoms in total. The molecule has 1 fully saturated rings. The quantitative estimate of drug-likeness (QED) is 0.763. The Morgan fingerprint density at radius 2 is 1.38 bits per heavy atom. The van der Waals surface area contributed by atoms with Gasteiger partial charge in [0.05, 0.1) is 18.4 Å². The zero-order valence-corrected chi connectivity index (χ0v) is 15.5. The smallest absolute Gasteiger partial charge is 0.231 e. The molecule has 0 heterocycles. The summed E-state index contributed by atoms with van der Waals surface area (Å²) >= 11 is 0. The van der Waals surface area contributed by atoms with Gasteiger partial charge < -0.3 is 9.80 Å². The lowest BCUT2D eigenvalue weighted by atomic mass is 10.1. The highest BCUT2D eigenvalue weighted by atomic mass is 16.2. The molecular weight excluding hydrogens is 324 g/mol. The van der Waals surface area contributed by atoms with Gasteiger partial charge in [0.15, 0.2) is 0 Å². The lowest BCUT2D eigenvalue weighted by molar-refractivity contribution is -0.134. The first-order valence-corrected chi connectivity index (χ1v) is 9.34. The summed E-state index contributed by atoms with van der Waals surface area (Å²) in [6.07, 6.45) is 0.659. The first-order valence-electron chi connectivity index (χ1n) is 9.34. The maximum absolute atomic E-state index is 13.2. The SMILES string of the molecule is CCN(CC)C(=O)C1CC1C(=O)N(Cc1ccccc1)c1ccccc1. The van der Waals surface area contributed by atoms with E-state index in [0.29, 0.717) is 26.1 Å². The average molecular weight is 350 g/mol. The monoisotopic (exact) mass is 350 g/mol. The van der Waals surface area contributed by atoms with Crippen molar-refractivity contribution in [2.24, 2.45) is 11.8 Å². The molecule has 3 rings (SSSR count). The minimum Gasteiger partial charge on any atom is -0.343 e. The Labute approximate surface area is 155 Å². The van der Waals surface area contributed by atoms with Crippen molar-refractivity contribution in [1.29, 1.82) is 0 Å². The first-order chi connectivity index (χ1) is 12.7. The van der Waals surface area contributed by atoms with Crippen molar-refractivity contribution in [3.63, 3.8) is 0 Å². The number of carbonyl (C=O) groups is 2. The van der Waals surface area contributed by atoms with Crippen LogP contribution >= 0.6 is 0 Å². The van der Waals surface area contributed by atoms with Crippen LogP contribution in [0, 0.1) is 11.8 Å². The van der Waals surface area contributed by atoms with Gasteiger partial charge in [-0.15, -0.1) is 0 Å². The Balaban J connectivity index is 1.77. The molecule has 1 aliphatic carbocycles. The predicted octanol–water partition coefficient (Wildman–Crippen LogP) is 3.72. The Bertz CT molecular complexity index is 741. The van der Waals surface area contributed by atoms with Crippen molar-refractivity contribution in [3.8, 4) is 0 Å². The Kier molecular flexibility index (Phi) is 5.71. The summed E-state index contributed by atoms with van der Waals surface area (Å²) in [5.74, 6) is -0.206. The molecule has 0 spiro atoms. The van der Waals surface area contributed by atoms with Gasteiger partial charge in [0.1, 0.15) is 0 Å². The van der Waals surface area contributed by atoms with E-state index in [4.69, 9.17) is 0 Å². The maximum Gasteiger partial charge on any atom is 0.231 e. The normalized spacial score (nSPS) is 18.2. The highest BCUT2D eigenvalue weighted by Crippen LogP contribution is 2.42. The van der Waals surface area contributed by atoms with E-state index in [-0.39, 0.29) is 23.7 Å². The molecule has 0 radical (unpaired) electrons. The van der Waals surface area contributed by atoms with Crippen LogP contribution in [0.3, 0.4) is 0 Å². The zero-order valence-electron chi connectivity index (χ0n) is 15.5. The Morgan fingerprint density at radius 3 is 1.96 bits per heavy atom. The highest BCUT2D eigenvalue weighted by Gasteiger charge is 2.50. The number of hydrogen-bond acceptors (Lipinski definition) is 2. The van der Waals surface area contributed by atoms with Gasteiger partial charge in [-0.3, -0.25) is 9.59 Å². The van der Waals surface area contributed by atoms with Crippen molar-refractivity contribution in [3.05, 3.63) is 66.2 Å². The summed E-state index contributed by atoms with van der Waals surface area (Å²) in [5.41, 5.74) is 1.96.